The van der Waals surface area contributed by atoms with Crippen molar-refractivity contribution in [3.8, 4) is 0 Å². The molecule has 4 nitrogen and oxygen atoms in total. The SMILES string of the molecule is COCc1cccc(NC(=O)C2CCCCC2(C)N)c1. The van der Waals surface area contributed by atoms with Crippen LogP contribution in [0, 0.1) is 5.92 Å². The van der Waals surface area contributed by atoms with E-state index in [1.165, 1.54) is 0 Å². The Kier molecular flexibility index (Phi) is 4.78. The number of carbonyl (C=O) groups excluding carboxylic acids is 1. The number of benzene rings is 1. The molecular weight excluding hydrogens is 252 g/mol. The van der Waals surface area contributed by atoms with Gasteiger partial charge in [0.25, 0.3) is 0 Å². The van der Waals surface area contributed by atoms with E-state index in [0.29, 0.717) is 6.61 Å². The molecule has 0 aliphatic heterocycles. The Balaban J connectivity index is 2.05. The van der Waals surface area contributed by atoms with Crippen LogP contribution in [0.4, 0.5) is 5.69 Å². The number of hydrogen-bond donors (Lipinski definition) is 2. The zero-order valence-electron chi connectivity index (χ0n) is 12.3. The van der Waals surface area contributed by atoms with Gasteiger partial charge in [0, 0.05) is 18.3 Å². The van der Waals surface area contributed by atoms with Crippen LogP contribution in [0.3, 0.4) is 0 Å². The lowest BCUT2D eigenvalue weighted by atomic mass is 9.74. The zero-order chi connectivity index (χ0) is 14.6. The van der Waals surface area contributed by atoms with E-state index in [1.54, 1.807) is 7.11 Å². The Morgan fingerprint density at radius 3 is 3.00 bits per heavy atom. The van der Waals surface area contributed by atoms with Crippen LogP contribution in [0.15, 0.2) is 24.3 Å². The van der Waals surface area contributed by atoms with E-state index in [-0.39, 0.29) is 11.8 Å². The predicted octanol–water partition coefficient (Wildman–Crippen LogP) is 2.68. The first-order valence-corrected chi connectivity index (χ1v) is 7.20. The number of ether oxygens (including phenoxy) is 1. The Morgan fingerprint density at radius 2 is 2.30 bits per heavy atom. The molecular formula is C16H24N2O2. The van der Waals surface area contributed by atoms with Gasteiger partial charge in [-0.05, 0) is 37.5 Å². The molecule has 4 heteroatoms. The molecule has 1 aliphatic carbocycles. The number of hydrogen-bond acceptors (Lipinski definition) is 3. The Bertz CT molecular complexity index is 471. The van der Waals surface area contributed by atoms with Crippen LogP contribution in [-0.2, 0) is 16.1 Å². The fourth-order valence-electron chi connectivity index (χ4n) is 2.92. The van der Waals surface area contributed by atoms with E-state index < -0.39 is 5.54 Å². The van der Waals surface area contributed by atoms with Gasteiger partial charge in [0.2, 0.25) is 5.91 Å². The second kappa shape index (κ2) is 6.37. The monoisotopic (exact) mass is 276 g/mol. The topological polar surface area (TPSA) is 64.3 Å². The number of carbonyl (C=O) groups is 1. The predicted molar refractivity (Wildman–Crippen MR) is 80.3 cm³/mol. The first-order valence-electron chi connectivity index (χ1n) is 7.20. The van der Waals surface area contributed by atoms with Crippen molar-refractivity contribution in [2.24, 2.45) is 11.7 Å². The standard InChI is InChI=1S/C16H24N2O2/c1-16(17)9-4-3-8-14(16)15(19)18-13-7-5-6-12(10-13)11-20-2/h5-7,10,14H,3-4,8-9,11,17H2,1-2H3,(H,18,19). The molecule has 1 amide bonds. The number of rotatable bonds is 4. The average molecular weight is 276 g/mol. The molecule has 1 saturated carbocycles. The number of nitrogens with one attached hydrogen (secondary N) is 1. The van der Waals surface area contributed by atoms with Crippen LogP contribution in [-0.4, -0.2) is 18.6 Å². The van der Waals surface area contributed by atoms with Gasteiger partial charge in [-0.1, -0.05) is 25.0 Å². The van der Waals surface area contributed by atoms with Gasteiger partial charge in [-0.25, -0.2) is 0 Å². The summed E-state index contributed by atoms with van der Waals surface area (Å²) in [5.74, 6) is -0.0772. The Hall–Kier alpha value is -1.39. The summed E-state index contributed by atoms with van der Waals surface area (Å²) in [5, 5.41) is 2.99. The summed E-state index contributed by atoms with van der Waals surface area (Å²) in [6, 6.07) is 7.74. The van der Waals surface area contributed by atoms with Crippen molar-refractivity contribution in [1.29, 1.82) is 0 Å². The highest BCUT2D eigenvalue weighted by molar-refractivity contribution is 5.93. The fourth-order valence-corrected chi connectivity index (χ4v) is 2.92. The Labute approximate surface area is 120 Å². The number of amides is 1. The molecule has 1 aromatic rings. The van der Waals surface area contributed by atoms with Crippen molar-refractivity contribution < 1.29 is 9.53 Å². The highest BCUT2D eigenvalue weighted by atomic mass is 16.5. The van der Waals surface area contributed by atoms with Crippen molar-refractivity contribution in [3.63, 3.8) is 0 Å². The van der Waals surface area contributed by atoms with Crippen LogP contribution < -0.4 is 11.1 Å². The summed E-state index contributed by atoms with van der Waals surface area (Å²) in [7, 11) is 1.66. The van der Waals surface area contributed by atoms with Gasteiger partial charge in [-0.15, -0.1) is 0 Å². The summed E-state index contributed by atoms with van der Waals surface area (Å²) in [6.07, 6.45) is 3.97. The molecule has 0 aromatic heterocycles. The number of anilines is 1. The van der Waals surface area contributed by atoms with Crippen molar-refractivity contribution >= 4 is 11.6 Å². The molecule has 3 N–H and O–H groups in total. The van der Waals surface area contributed by atoms with Crippen molar-refractivity contribution in [3.05, 3.63) is 29.8 Å². The molecule has 0 saturated heterocycles. The molecule has 2 unspecified atom stereocenters. The summed E-state index contributed by atoms with van der Waals surface area (Å²) in [5.41, 5.74) is 7.73. The van der Waals surface area contributed by atoms with Crippen LogP contribution in [0.25, 0.3) is 0 Å². The van der Waals surface area contributed by atoms with Gasteiger partial charge in [-0.2, -0.15) is 0 Å². The summed E-state index contributed by atoms with van der Waals surface area (Å²) >= 11 is 0. The average Bonchev–Trinajstić information content (AvgIpc) is 2.38. The molecule has 110 valence electrons. The minimum Gasteiger partial charge on any atom is -0.380 e. The lowest BCUT2D eigenvalue weighted by molar-refractivity contribution is -0.122. The van der Waals surface area contributed by atoms with E-state index in [1.807, 2.05) is 31.2 Å². The van der Waals surface area contributed by atoms with Crippen LogP contribution in [0.5, 0.6) is 0 Å². The third-order valence-electron chi connectivity index (χ3n) is 4.08. The van der Waals surface area contributed by atoms with Crippen LogP contribution in [0.1, 0.15) is 38.2 Å². The molecule has 20 heavy (non-hydrogen) atoms. The second-order valence-corrected chi connectivity index (χ2v) is 5.93. The molecule has 0 radical (unpaired) electrons. The minimum absolute atomic E-state index is 0.0317. The van der Waals surface area contributed by atoms with Gasteiger partial charge in [-0.3, -0.25) is 4.79 Å². The first-order chi connectivity index (χ1) is 9.53. The lowest BCUT2D eigenvalue weighted by Crippen LogP contribution is -2.51. The number of nitrogens with two attached hydrogens (primary N) is 1. The molecule has 1 aromatic carbocycles. The largest absolute Gasteiger partial charge is 0.380 e. The van der Waals surface area contributed by atoms with Gasteiger partial charge in [0.1, 0.15) is 0 Å². The Morgan fingerprint density at radius 1 is 1.50 bits per heavy atom. The molecule has 2 rings (SSSR count). The molecule has 1 aliphatic rings. The summed E-state index contributed by atoms with van der Waals surface area (Å²) in [6.45, 7) is 2.53. The zero-order valence-corrected chi connectivity index (χ0v) is 12.3. The van der Waals surface area contributed by atoms with Crippen molar-refractivity contribution in [2.75, 3.05) is 12.4 Å². The van der Waals surface area contributed by atoms with Crippen LogP contribution >= 0.6 is 0 Å². The molecule has 1 fully saturated rings. The quantitative estimate of drug-likeness (QED) is 0.888. The maximum absolute atomic E-state index is 12.4. The third kappa shape index (κ3) is 3.58. The normalized spacial score (nSPS) is 26.2. The minimum atomic E-state index is -0.396. The summed E-state index contributed by atoms with van der Waals surface area (Å²) < 4.78 is 5.10. The van der Waals surface area contributed by atoms with Gasteiger partial charge < -0.3 is 15.8 Å². The van der Waals surface area contributed by atoms with E-state index in [4.69, 9.17) is 10.5 Å². The maximum Gasteiger partial charge on any atom is 0.229 e. The first kappa shape index (κ1) is 15.0. The maximum atomic E-state index is 12.4. The highest BCUT2D eigenvalue weighted by Gasteiger charge is 2.37. The van der Waals surface area contributed by atoms with Gasteiger partial charge in [0.15, 0.2) is 0 Å². The fraction of sp³-hybridized carbons (Fsp3) is 0.562. The van der Waals surface area contributed by atoms with E-state index in [2.05, 4.69) is 5.32 Å². The smallest absolute Gasteiger partial charge is 0.229 e. The van der Waals surface area contributed by atoms with Gasteiger partial charge in [0.05, 0.1) is 12.5 Å². The molecule has 0 spiro atoms. The lowest BCUT2D eigenvalue weighted by Gasteiger charge is -2.37. The van der Waals surface area contributed by atoms with Crippen molar-refractivity contribution in [1.82, 2.24) is 0 Å². The van der Waals surface area contributed by atoms with E-state index in [0.717, 1.165) is 36.9 Å². The summed E-state index contributed by atoms with van der Waals surface area (Å²) in [4.78, 5) is 12.4. The molecule has 0 bridgehead atoms. The van der Waals surface area contributed by atoms with Crippen LogP contribution in [0.2, 0.25) is 0 Å². The van der Waals surface area contributed by atoms with Gasteiger partial charge >= 0.3 is 0 Å². The molecule has 2 atom stereocenters. The second-order valence-electron chi connectivity index (χ2n) is 5.93. The number of methoxy groups -OCH3 is 1. The third-order valence-corrected chi connectivity index (χ3v) is 4.08. The van der Waals surface area contributed by atoms with Crippen molar-refractivity contribution in [2.45, 2.75) is 44.8 Å². The van der Waals surface area contributed by atoms with E-state index in [9.17, 15) is 4.79 Å². The van der Waals surface area contributed by atoms with E-state index >= 15 is 0 Å². The highest BCUT2D eigenvalue weighted by Crippen LogP contribution is 2.32. The molecule has 0 heterocycles.